The molecule has 0 heterocycles. The van der Waals surface area contributed by atoms with Gasteiger partial charge in [-0.05, 0) is 0 Å². The van der Waals surface area contributed by atoms with Crippen molar-refractivity contribution in [2.24, 2.45) is 0 Å². The zero-order valence-corrected chi connectivity index (χ0v) is 32.5. The van der Waals surface area contributed by atoms with Crippen molar-refractivity contribution in [2.75, 3.05) is 0 Å². The molecule has 0 unspecified atom stereocenters. The van der Waals surface area contributed by atoms with Gasteiger partial charge >= 0.3 is 276 Å². The Hall–Kier alpha value is -2.07. The molecule has 0 bridgehead atoms. The van der Waals surface area contributed by atoms with Crippen LogP contribution in [-0.2, 0) is 24.1 Å². The molecule has 0 N–H and O–H groups in total. The van der Waals surface area contributed by atoms with Crippen molar-refractivity contribution in [3.05, 3.63) is 108 Å². The third kappa shape index (κ3) is 12.2. The minimum atomic E-state index is -3.82. The molecule has 3 heteroatoms. The predicted octanol–water partition coefficient (Wildman–Crippen LogP) is 12.3. The molecule has 246 valence electrons. The van der Waals surface area contributed by atoms with Crippen LogP contribution in [0, 0.1) is 0 Å². The number of carbonyl (C=O) groups excluding carboxylic acids is 1. The third-order valence-electron chi connectivity index (χ3n) is 9.77. The Morgan fingerprint density at radius 2 is 0.822 bits per heavy atom. The van der Waals surface area contributed by atoms with Crippen LogP contribution in [0.25, 0.3) is 0 Å². The molecule has 0 saturated carbocycles. The summed E-state index contributed by atoms with van der Waals surface area (Å²) in [6, 6.07) is 32.7. The fourth-order valence-corrected chi connectivity index (χ4v) is 26.5. The van der Waals surface area contributed by atoms with Gasteiger partial charge < -0.3 is 0 Å². The summed E-state index contributed by atoms with van der Waals surface area (Å²) in [5.74, 6) is 0.0466. The molecular formula is C42H62O2Sn. The van der Waals surface area contributed by atoms with Gasteiger partial charge in [0.1, 0.15) is 0 Å². The fraction of sp³-hybridized carbons (Fsp3) is 0.548. The first-order valence-electron chi connectivity index (χ1n) is 17.8. The standard InChI is InChI=1S/C12H24O2.3C10H13.Sn/c1-2-3-4-5-6-7-8-9-10-11-12(13)14;3*1-10(2,3)9-7-5-4-6-8-9;/h2-11H2,1H3,(H,13,14);3*4-8H,1H2,2-3H3;/q;;;;+1/p-1. The van der Waals surface area contributed by atoms with Gasteiger partial charge in [0.15, 0.2) is 0 Å². The van der Waals surface area contributed by atoms with Gasteiger partial charge in [-0.2, -0.15) is 0 Å². The van der Waals surface area contributed by atoms with E-state index in [-0.39, 0.29) is 22.2 Å². The van der Waals surface area contributed by atoms with Crippen LogP contribution in [0.5, 0.6) is 0 Å². The molecule has 0 aliphatic carbocycles. The summed E-state index contributed by atoms with van der Waals surface area (Å²) in [7, 11) is 0. The monoisotopic (exact) mass is 718 g/mol. The third-order valence-corrected chi connectivity index (χ3v) is 24.7. The second kappa shape index (κ2) is 17.7. The Kier molecular flexibility index (Phi) is 14.7. The summed E-state index contributed by atoms with van der Waals surface area (Å²) in [5.41, 5.74) is 3.68. The summed E-state index contributed by atoms with van der Waals surface area (Å²) >= 11 is -3.82. The molecule has 2 nitrogen and oxygen atoms in total. The molecule has 0 radical (unpaired) electrons. The molecule has 3 rings (SSSR count). The molecule has 0 saturated heterocycles. The van der Waals surface area contributed by atoms with Gasteiger partial charge in [0, 0.05) is 0 Å². The SMILES string of the molecule is CCCCCCCCCCCC(=O)[O][Sn]([CH2]C(C)(C)c1ccccc1)([CH2]C(C)(C)c1ccccc1)[CH2]C(C)(C)c1ccccc1. The van der Waals surface area contributed by atoms with Crippen molar-refractivity contribution in [2.45, 2.75) is 142 Å². The molecule has 0 aliphatic heterocycles. The molecule has 0 aliphatic rings. The summed E-state index contributed by atoms with van der Waals surface area (Å²) < 4.78 is 10.0. The van der Waals surface area contributed by atoms with Gasteiger partial charge in [-0.1, -0.05) is 6.92 Å². The van der Waals surface area contributed by atoms with Crippen molar-refractivity contribution in [3.8, 4) is 0 Å². The molecule has 0 amide bonds. The molecule has 0 atom stereocenters. The second-order valence-electron chi connectivity index (χ2n) is 15.5. The summed E-state index contributed by atoms with van der Waals surface area (Å²) in [6.07, 6.45) is 11.8. The Morgan fingerprint density at radius 3 is 1.16 bits per heavy atom. The van der Waals surface area contributed by atoms with Crippen LogP contribution >= 0.6 is 0 Å². The second-order valence-corrected chi connectivity index (χ2v) is 25.9. The van der Waals surface area contributed by atoms with Crippen LogP contribution in [0.4, 0.5) is 0 Å². The molecule has 0 fully saturated rings. The van der Waals surface area contributed by atoms with Gasteiger partial charge in [-0.3, -0.25) is 0 Å². The molecule has 3 aromatic rings. The van der Waals surface area contributed by atoms with Crippen molar-refractivity contribution < 1.29 is 7.87 Å². The van der Waals surface area contributed by atoms with Gasteiger partial charge in [-0.25, -0.2) is 0 Å². The first-order chi connectivity index (χ1) is 21.4. The maximum atomic E-state index is 14.0. The summed E-state index contributed by atoms with van der Waals surface area (Å²) in [4.78, 5) is 14.0. The van der Waals surface area contributed by atoms with Crippen LogP contribution in [-0.4, -0.2) is 24.8 Å². The van der Waals surface area contributed by atoms with E-state index in [4.69, 9.17) is 3.07 Å². The number of unbranched alkanes of at least 4 members (excludes halogenated alkanes) is 8. The van der Waals surface area contributed by atoms with Crippen molar-refractivity contribution in [3.63, 3.8) is 0 Å². The van der Waals surface area contributed by atoms with E-state index in [0.717, 1.165) is 26.2 Å². The van der Waals surface area contributed by atoms with Gasteiger partial charge in [0.2, 0.25) is 0 Å². The normalized spacial score (nSPS) is 12.7. The summed E-state index contributed by atoms with van der Waals surface area (Å²) in [6.45, 7) is 16.5. The van der Waals surface area contributed by atoms with E-state index in [1.165, 1.54) is 61.6 Å². The van der Waals surface area contributed by atoms with E-state index in [9.17, 15) is 4.79 Å². The first-order valence-corrected chi connectivity index (χ1v) is 25.0. The van der Waals surface area contributed by atoms with E-state index in [2.05, 4.69) is 139 Å². The van der Waals surface area contributed by atoms with Crippen molar-refractivity contribution in [1.82, 2.24) is 0 Å². The number of rotatable bonds is 20. The Balaban J connectivity index is 1.92. The van der Waals surface area contributed by atoms with Crippen LogP contribution in [0.2, 0.25) is 13.3 Å². The molecule has 0 aromatic heterocycles. The van der Waals surface area contributed by atoms with Crippen molar-refractivity contribution in [1.29, 1.82) is 0 Å². The van der Waals surface area contributed by atoms with Crippen LogP contribution < -0.4 is 0 Å². The van der Waals surface area contributed by atoms with E-state index >= 15 is 0 Å². The van der Waals surface area contributed by atoms with Crippen LogP contribution in [0.1, 0.15) is 129 Å². The Bertz CT molecular complexity index is 1120. The Labute approximate surface area is 281 Å². The maximum absolute atomic E-state index is 14.0. The topological polar surface area (TPSA) is 26.3 Å². The zero-order valence-electron chi connectivity index (χ0n) is 29.7. The summed E-state index contributed by atoms with van der Waals surface area (Å²) in [5, 5.41) is 0. The van der Waals surface area contributed by atoms with E-state index in [0.29, 0.717) is 6.42 Å². The molecular weight excluding hydrogens is 655 g/mol. The molecule has 3 aromatic carbocycles. The van der Waals surface area contributed by atoms with Gasteiger partial charge in [0.25, 0.3) is 0 Å². The zero-order chi connectivity index (χ0) is 32.8. The average molecular weight is 718 g/mol. The van der Waals surface area contributed by atoms with Crippen molar-refractivity contribution >= 4 is 24.8 Å². The first kappa shape index (κ1) is 37.4. The van der Waals surface area contributed by atoms with Gasteiger partial charge in [0.05, 0.1) is 0 Å². The number of hydrogen-bond acceptors (Lipinski definition) is 2. The van der Waals surface area contributed by atoms with E-state index in [1.807, 2.05) is 0 Å². The molecule has 0 spiro atoms. The average Bonchev–Trinajstić information content (AvgIpc) is 3.00. The molecule has 45 heavy (non-hydrogen) atoms. The number of carbonyl (C=O) groups is 1. The number of hydrogen-bond donors (Lipinski definition) is 0. The van der Waals surface area contributed by atoms with E-state index < -0.39 is 18.8 Å². The number of benzene rings is 3. The minimum absolute atomic E-state index is 0.0466. The predicted molar refractivity (Wildman–Crippen MR) is 197 cm³/mol. The van der Waals surface area contributed by atoms with Crippen LogP contribution in [0.15, 0.2) is 91.0 Å². The van der Waals surface area contributed by atoms with E-state index in [1.54, 1.807) is 0 Å². The fourth-order valence-electron chi connectivity index (χ4n) is 7.56. The quantitative estimate of drug-likeness (QED) is 0.0859. The van der Waals surface area contributed by atoms with Crippen LogP contribution in [0.3, 0.4) is 0 Å². The van der Waals surface area contributed by atoms with Gasteiger partial charge in [-0.15, -0.1) is 0 Å². The Morgan fingerprint density at radius 1 is 0.511 bits per heavy atom.